The Labute approximate surface area is 104 Å². The third-order valence-corrected chi connectivity index (χ3v) is 2.79. The summed E-state index contributed by atoms with van der Waals surface area (Å²) in [6.07, 6.45) is -4.94. The lowest BCUT2D eigenvalue weighted by atomic mass is 10.0. The Hall–Kier alpha value is -0.740. The first-order valence-electron chi connectivity index (χ1n) is 5.48. The predicted molar refractivity (Wildman–Crippen MR) is 63.2 cm³/mol. The molecule has 0 amide bonds. The third kappa shape index (κ3) is 4.96. The molecular weight excluding hydrogens is 251 g/mol. The van der Waals surface area contributed by atoms with Crippen LogP contribution < -0.4 is 5.32 Å². The molecule has 0 aliphatic heterocycles. The van der Waals surface area contributed by atoms with Crippen molar-refractivity contribution in [2.45, 2.75) is 32.0 Å². The summed E-state index contributed by atoms with van der Waals surface area (Å²) in [5.41, 5.74) is 0.722. The summed E-state index contributed by atoms with van der Waals surface area (Å²) in [6.45, 7) is 2.46. The number of alkyl halides is 3. The van der Waals surface area contributed by atoms with E-state index in [1.54, 1.807) is 24.3 Å². The molecule has 1 aromatic carbocycles. The Kier molecular flexibility index (Phi) is 5.28. The molecular formula is C12H15ClF3N. The summed E-state index contributed by atoms with van der Waals surface area (Å²) in [6, 6.07) is 6.63. The van der Waals surface area contributed by atoms with Gasteiger partial charge in [-0.15, -0.1) is 0 Å². The maximum atomic E-state index is 12.2. The predicted octanol–water partition coefficient (Wildman–Crippen LogP) is 4.33. The van der Waals surface area contributed by atoms with Gasteiger partial charge in [-0.25, -0.2) is 0 Å². The van der Waals surface area contributed by atoms with E-state index in [2.05, 4.69) is 5.32 Å². The summed E-state index contributed by atoms with van der Waals surface area (Å²) in [5, 5.41) is 3.53. The van der Waals surface area contributed by atoms with Crippen LogP contribution in [0.1, 0.15) is 31.4 Å². The van der Waals surface area contributed by atoms with E-state index < -0.39 is 12.6 Å². The molecule has 0 radical (unpaired) electrons. The monoisotopic (exact) mass is 265 g/mol. The van der Waals surface area contributed by atoms with Crippen LogP contribution in [0.3, 0.4) is 0 Å². The molecule has 0 fully saturated rings. The molecule has 1 unspecified atom stereocenters. The van der Waals surface area contributed by atoms with Crippen molar-refractivity contribution in [2.75, 3.05) is 6.54 Å². The second kappa shape index (κ2) is 6.26. The zero-order chi connectivity index (χ0) is 12.9. The maximum absolute atomic E-state index is 12.2. The van der Waals surface area contributed by atoms with E-state index in [9.17, 15) is 13.2 Å². The average Bonchev–Trinajstić information content (AvgIpc) is 2.24. The lowest BCUT2D eigenvalue weighted by Crippen LogP contribution is -2.23. The van der Waals surface area contributed by atoms with E-state index in [1.807, 2.05) is 6.92 Å². The van der Waals surface area contributed by atoms with Crippen molar-refractivity contribution in [1.29, 1.82) is 0 Å². The molecule has 1 aromatic rings. The quantitative estimate of drug-likeness (QED) is 0.835. The van der Waals surface area contributed by atoms with Crippen LogP contribution in [0.5, 0.6) is 0 Å². The first-order valence-corrected chi connectivity index (χ1v) is 5.86. The van der Waals surface area contributed by atoms with Crippen LogP contribution in [0.25, 0.3) is 0 Å². The zero-order valence-electron chi connectivity index (χ0n) is 9.52. The van der Waals surface area contributed by atoms with E-state index in [0.29, 0.717) is 11.6 Å². The molecule has 0 saturated heterocycles. The van der Waals surface area contributed by atoms with Crippen molar-refractivity contribution >= 4 is 11.6 Å². The van der Waals surface area contributed by atoms with Crippen LogP contribution in [0, 0.1) is 0 Å². The number of rotatable bonds is 5. The lowest BCUT2D eigenvalue weighted by Gasteiger charge is -2.20. The van der Waals surface area contributed by atoms with Gasteiger partial charge in [-0.1, -0.05) is 36.7 Å². The molecule has 0 aliphatic carbocycles. The van der Waals surface area contributed by atoms with Crippen molar-refractivity contribution in [3.8, 4) is 0 Å². The first-order chi connectivity index (χ1) is 7.94. The van der Waals surface area contributed by atoms with Crippen LogP contribution in [0.15, 0.2) is 24.3 Å². The molecule has 0 saturated carbocycles. The summed E-state index contributed by atoms with van der Waals surface area (Å²) in [7, 11) is 0. The first kappa shape index (κ1) is 14.3. The molecule has 1 nitrogen and oxygen atoms in total. The highest BCUT2D eigenvalue weighted by Crippen LogP contribution is 2.30. The van der Waals surface area contributed by atoms with Crippen LogP contribution in [0.2, 0.25) is 5.02 Å². The minimum atomic E-state index is -4.13. The van der Waals surface area contributed by atoms with Gasteiger partial charge in [0.25, 0.3) is 0 Å². The van der Waals surface area contributed by atoms with E-state index in [-0.39, 0.29) is 12.5 Å². The van der Waals surface area contributed by atoms with Crippen molar-refractivity contribution in [1.82, 2.24) is 5.32 Å². The van der Waals surface area contributed by atoms with E-state index >= 15 is 0 Å². The highest BCUT2D eigenvalue weighted by molar-refractivity contribution is 6.31. The van der Waals surface area contributed by atoms with Gasteiger partial charge in [0.1, 0.15) is 0 Å². The fraction of sp³-hybridized carbons (Fsp3) is 0.500. The van der Waals surface area contributed by atoms with Crippen LogP contribution >= 0.6 is 11.6 Å². The Bertz CT molecular complexity index is 352. The topological polar surface area (TPSA) is 12.0 Å². The molecule has 5 heteroatoms. The van der Waals surface area contributed by atoms with Crippen LogP contribution in [-0.2, 0) is 0 Å². The van der Waals surface area contributed by atoms with Crippen molar-refractivity contribution in [3.05, 3.63) is 34.9 Å². The van der Waals surface area contributed by atoms with E-state index in [1.165, 1.54) is 0 Å². The summed E-state index contributed by atoms with van der Waals surface area (Å²) in [5.74, 6) is 0. The van der Waals surface area contributed by atoms with Gasteiger partial charge in [-0.2, -0.15) is 13.2 Å². The molecule has 0 aliphatic rings. The Balaban J connectivity index is 2.75. The molecule has 1 atom stereocenters. The van der Waals surface area contributed by atoms with Gasteiger partial charge in [0.05, 0.1) is 0 Å². The normalized spacial score (nSPS) is 13.7. The molecule has 17 heavy (non-hydrogen) atoms. The second-order valence-corrected chi connectivity index (χ2v) is 4.19. The summed E-state index contributed by atoms with van der Waals surface area (Å²) in [4.78, 5) is 0. The Morgan fingerprint density at radius 1 is 1.29 bits per heavy atom. The van der Waals surface area contributed by atoms with E-state index in [4.69, 9.17) is 11.6 Å². The molecule has 0 heterocycles. The number of hydrogen-bond donors (Lipinski definition) is 1. The van der Waals surface area contributed by atoms with Gasteiger partial charge in [-0.3, -0.25) is 0 Å². The van der Waals surface area contributed by atoms with Gasteiger partial charge in [0.2, 0.25) is 0 Å². The molecule has 0 bridgehead atoms. The molecule has 96 valence electrons. The summed E-state index contributed by atoms with van der Waals surface area (Å²) < 4.78 is 36.6. The minimum Gasteiger partial charge on any atom is -0.310 e. The van der Waals surface area contributed by atoms with Gasteiger partial charge in [0.15, 0.2) is 0 Å². The average molecular weight is 266 g/mol. The number of nitrogens with one attached hydrogen (secondary N) is 1. The molecule has 1 N–H and O–H groups in total. The molecule has 0 spiro atoms. The highest BCUT2D eigenvalue weighted by Gasteiger charge is 2.28. The largest absolute Gasteiger partial charge is 0.389 e. The van der Waals surface area contributed by atoms with Gasteiger partial charge in [-0.05, 0) is 24.6 Å². The number of halogens is 4. The Morgan fingerprint density at radius 2 is 1.94 bits per heavy atom. The SMILES string of the molecule is CCNC(CCC(F)(F)F)c1ccccc1Cl. The van der Waals surface area contributed by atoms with Crippen LogP contribution in [-0.4, -0.2) is 12.7 Å². The van der Waals surface area contributed by atoms with Crippen molar-refractivity contribution in [2.24, 2.45) is 0 Å². The smallest absolute Gasteiger partial charge is 0.310 e. The molecule has 1 rings (SSSR count). The van der Waals surface area contributed by atoms with Gasteiger partial charge in [0, 0.05) is 17.5 Å². The van der Waals surface area contributed by atoms with Gasteiger partial charge >= 0.3 is 6.18 Å². The standard InChI is InChI=1S/C12H15ClF3N/c1-2-17-11(7-8-12(14,15)16)9-5-3-4-6-10(9)13/h3-6,11,17H,2,7-8H2,1H3. The van der Waals surface area contributed by atoms with Crippen molar-refractivity contribution in [3.63, 3.8) is 0 Å². The lowest BCUT2D eigenvalue weighted by molar-refractivity contribution is -0.136. The van der Waals surface area contributed by atoms with Crippen LogP contribution in [0.4, 0.5) is 13.2 Å². The van der Waals surface area contributed by atoms with Crippen molar-refractivity contribution < 1.29 is 13.2 Å². The molecule has 0 aromatic heterocycles. The Morgan fingerprint density at radius 3 is 2.47 bits per heavy atom. The number of benzene rings is 1. The van der Waals surface area contributed by atoms with Gasteiger partial charge < -0.3 is 5.32 Å². The fourth-order valence-corrected chi connectivity index (χ4v) is 1.95. The van der Waals surface area contributed by atoms with E-state index in [0.717, 1.165) is 5.56 Å². The number of hydrogen-bond acceptors (Lipinski definition) is 1. The zero-order valence-corrected chi connectivity index (χ0v) is 10.3. The fourth-order valence-electron chi connectivity index (χ4n) is 1.68. The second-order valence-electron chi connectivity index (χ2n) is 3.79. The minimum absolute atomic E-state index is 0.00106. The highest BCUT2D eigenvalue weighted by atomic mass is 35.5. The third-order valence-electron chi connectivity index (χ3n) is 2.45. The maximum Gasteiger partial charge on any atom is 0.389 e. The summed E-state index contributed by atoms with van der Waals surface area (Å²) >= 11 is 5.98.